The Morgan fingerprint density at radius 1 is 1.08 bits per heavy atom. The second-order valence-corrected chi connectivity index (χ2v) is 6.57. The number of benzene rings is 1. The van der Waals surface area contributed by atoms with E-state index >= 15 is 0 Å². The highest BCUT2D eigenvalue weighted by Crippen LogP contribution is 2.28. The van der Waals surface area contributed by atoms with Crippen molar-refractivity contribution < 1.29 is 9.26 Å². The number of rotatable bonds is 5. The predicted octanol–water partition coefficient (Wildman–Crippen LogP) is 3.52. The molecule has 0 aliphatic carbocycles. The van der Waals surface area contributed by atoms with Crippen LogP contribution in [0, 0.1) is 0 Å². The van der Waals surface area contributed by atoms with E-state index in [9.17, 15) is 0 Å². The first-order valence-electron chi connectivity index (χ1n) is 8.91. The second kappa shape index (κ2) is 7.66. The third-order valence-electron chi connectivity index (χ3n) is 4.94. The summed E-state index contributed by atoms with van der Waals surface area (Å²) in [5.41, 5.74) is 2.32. The maximum atomic E-state index is 5.45. The van der Waals surface area contributed by atoms with Crippen molar-refractivity contribution in [3.63, 3.8) is 0 Å². The van der Waals surface area contributed by atoms with Crippen LogP contribution in [0.15, 0.2) is 53.3 Å². The van der Waals surface area contributed by atoms with Crippen LogP contribution in [0.25, 0.3) is 11.4 Å². The number of hydrogen-bond donors (Lipinski definition) is 0. The highest BCUT2D eigenvalue weighted by Gasteiger charge is 2.22. The molecule has 1 aliphatic rings. The summed E-state index contributed by atoms with van der Waals surface area (Å²) in [6, 6.07) is 11.9. The SMILES string of the molecule is COc1ccc(-c2noc(CN3CCC(c4ccncc4)CC3)n2)cc1. The molecule has 0 radical (unpaired) electrons. The van der Waals surface area contributed by atoms with Gasteiger partial charge in [-0.15, -0.1) is 0 Å². The zero-order valence-electron chi connectivity index (χ0n) is 14.8. The van der Waals surface area contributed by atoms with Crippen LogP contribution in [0.1, 0.15) is 30.2 Å². The van der Waals surface area contributed by atoms with Crippen LogP contribution in [-0.4, -0.2) is 40.2 Å². The van der Waals surface area contributed by atoms with Crippen LogP contribution in [0.5, 0.6) is 5.75 Å². The number of methoxy groups -OCH3 is 1. The quantitative estimate of drug-likeness (QED) is 0.701. The molecule has 6 heteroatoms. The smallest absolute Gasteiger partial charge is 0.241 e. The Hall–Kier alpha value is -2.73. The van der Waals surface area contributed by atoms with Gasteiger partial charge < -0.3 is 9.26 Å². The largest absolute Gasteiger partial charge is 0.497 e. The number of ether oxygens (including phenoxy) is 1. The molecule has 6 nitrogen and oxygen atoms in total. The molecule has 1 saturated heterocycles. The van der Waals surface area contributed by atoms with Crippen molar-refractivity contribution >= 4 is 0 Å². The molecule has 3 aromatic rings. The molecular weight excluding hydrogens is 328 g/mol. The number of nitrogens with zero attached hydrogens (tertiary/aromatic N) is 4. The maximum Gasteiger partial charge on any atom is 0.241 e. The van der Waals surface area contributed by atoms with Gasteiger partial charge in [-0.3, -0.25) is 9.88 Å². The van der Waals surface area contributed by atoms with Gasteiger partial charge in [0.05, 0.1) is 13.7 Å². The highest BCUT2D eigenvalue weighted by molar-refractivity contribution is 5.55. The van der Waals surface area contributed by atoms with Crippen LogP contribution >= 0.6 is 0 Å². The summed E-state index contributed by atoms with van der Waals surface area (Å²) >= 11 is 0. The van der Waals surface area contributed by atoms with Gasteiger partial charge in [0.2, 0.25) is 11.7 Å². The van der Waals surface area contributed by atoms with Gasteiger partial charge in [-0.2, -0.15) is 4.98 Å². The fraction of sp³-hybridized carbons (Fsp3) is 0.350. The van der Waals surface area contributed by atoms with Crippen LogP contribution in [0.2, 0.25) is 0 Å². The molecule has 134 valence electrons. The third-order valence-corrected chi connectivity index (χ3v) is 4.94. The first-order valence-corrected chi connectivity index (χ1v) is 8.91. The molecule has 2 aromatic heterocycles. The van der Waals surface area contributed by atoms with E-state index < -0.39 is 0 Å². The molecule has 1 aliphatic heterocycles. The zero-order valence-corrected chi connectivity index (χ0v) is 14.8. The van der Waals surface area contributed by atoms with Crippen molar-refractivity contribution in [2.75, 3.05) is 20.2 Å². The molecule has 0 atom stereocenters. The lowest BCUT2D eigenvalue weighted by Crippen LogP contribution is -2.32. The molecule has 0 bridgehead atoms. The van der Waals surface area contributed by atoms with Crippen molar-refractivity contribution in [2.24, 2.45) is 0 Å². The molecule has 26 heavy (non-hydrogen) atoms. The van der Waals surface area contributed by atoms with Crippen LogP contribution in [0.4, 0.5) is 0 Å². The standard InChI is InChI=1S/C20H22N4O2/c1-25-18-4-2-17(3-5-18)20-22-19(26-23-20)14-24-12-8-16(9-13-24)15-6-10-21-11-7-15/h2-7,10-11,16H,8-9,12-14H2,1H3. The fourth-order valence-corrected chi connectivity index (χ4v) is 3.43. The Labute approximate surface area is 152 Å². The maximum absolute atomic E-state index is 5.45. The number of aromatic nitrogens is 3. The first-order chi connectivity index (χ1) is 12.8. The minimum Gasteiger partial charge on any atom is -0.497 e. The van der Waals surface area contributed by atoms with Gasteiger partial charge in [0.1, 0.15) is 5.75 Å². The monoisotopic (exact) mass is 350 g/mol. The topological polar surface area (TPSA) is 64.3 Å². The van der Waals surface area contributed by atoms with E-state index in [1.54, 1.807) is 7.11 Å². The minimum atomic E-state index is 0.617. The van der Waals surface area contributed by atoms with Gasteiger partial charge in [-0.25, -0.2) is 0 Å². The lowest BCUT2D eigenvalue weighted by molar-refractivity contribution is 0.181. The van der Waals surface area contributed by atoms with Gasteiger partial charge in [0, 0.05) is 18.0 Å². The number of likely N-dealkylation sites (tertiary alicyclic amines) is 1. The third kappa shape index (κ3) is 3.75. The molecule has 3 heterocycles. The fourth-order valence-electron chi connectivity index (χ4n) is 3.43. The van der Waals surface area contributed by atoms with Crippen molar-refractivity contribution in [1.29, 1.82) is 0 Å². The van der Waals surface area contributed by atoms with Crippen LogP contribution in [-0.2, 0) is 6.54 Å². The summed E-state index contributed by atoms with van der Waals surface area (Å²) in [5.74, 6) is 2.72. The summed E-state index contributed by atoms with van der Waals surface area (Å²) < 4.78 is 10.6. The molecule has 1 aromatic carbocycles. The van der Waals surface area contributed by atoms with Gasteiger partial charge in [-0.05, 0) is 73.8 Å². The lowest BCUT2D eigenvalue weighted by atomic mass is 9.90. The second-order valence-electron chi connectivity index (χ2n) is 6.57. The highest BCUT2D eigenvalue weighted by atomic mass is 16.5. The summed E-state index contributed by atoms with van der Waals surface area (Å²) in [4.78, 5) is 11.0. The summed E-state index contributed by atoms with van der Waals surface area (Å²) in [5, 5.41) is 4.11. The molecule has 0 spiro atoms. The Kier molecular flexibility index (Phi) is 4.93. The normalized spacial score (nSPS) is 15.9. The minimum absolute atomic E-state index is 0.617. The van der Waals surface area contributed by atoms with E-state index in [4.69, 9.17) is 9.26 Å². The van der Waals surface area contributed by atoms with E-state index in [0.717, 1.165) is 37.2 Å². The Bertz CT molecular complexity index is 825. The summed E-state index contributed by atoms with van der Waals surface area (Å²) in [6.07, 6.45) is 6.04. The first kappa shape index (κ1) is 16.7. The average Bonchev–Trinajstić information content (AvgIpc) is 3.18. The summed E-state index contributed by atoms with van der Waals surface area (Å²) in [6.45, 7) is 2.77. The van der Waals surface area contributed by atoms with E-state index in [1.165, 1.54) is 5.56 Å². The average molecular weight is 350 g/mol. The molecular formula is C20H22N4O2. The lowest BCUT2D eigenvalue weighted by Gasteiger charge is -2.31. The molecule has 0 saturated carbocycles. The Balaban J connectivity index is 1.35. The summed E-state index contributed by atoms with van der Waals surface area (Å²) in [7, 11) is 1.65. The molecule has 0 N–H and O–H groups in total. The van der Waals surface area contributed by atoms with Crippen molar-refractivity contribution in [2.45, 2.75) is 25.3 Å². The Morgan fingerprint density at radius 2 is 1.81 bits per heavy atom. The van der Waals surface area contributed by atoms with Crippen molar-refractivity contribution in [3.8, 4) is 17.1 Å². The molecule has 0 unspecified atom stereocenters. The van der Waals surface area contributed by atoms with Gasteiger partial charge in [0.15, 0.2) is 0 Å². The van der Waals surface area contributed by atoms with Crippen molar-refractivity contribution in [1.82, 2.24) is 20.0 Å². The van der Waals surface area contributed by atoms with E-state index in [-0.39, 0.29) is 0 Å². The molecule has 4 rings (SSSR count). The van der Waals surface area contributed by atoms with E-state index in [2.05, 4.69) is 32.2 Å². The predicted molar refractivity (Wildman–Crippen MR) is 97.8 cm³/mol. The molecule has 1 fully saturated rings. The Morgan fingerprint density at radius 3 is 2.50 bits per heavy atom. The van der Waals surface area contributed by atoms with Gasteiger partial charge >= 0.3 is 0 Å². The zero-order chi connectivity index (χ0) is 17.8. The van der Waals surface area contributed by atoms with Crippen LogP contribution in [0.3, 0.4) is 0 Å². The van der Waals surface area contributed by atoms with Gasteiger partial charge in [-0.1, -0.05) is 5.16 Å². The number of hydrogen-bond acceptors (Lipinski definition) is 6. The van der Waals surface area contributed by atoms with E-state index in [0.29, 0.717) is 24.2 Å². The van der Waals surface area contributed by atoms with Crippen LogP contribution < -0.4 is 4.74 Å². The van der Waals surface area contributed by atoms with Crippen molar-refractivity contribution in [3.05, 3.63) is 60.2 Å². The van der Waals surface area contributed by atoms with Gasteiger partial charge in [0.25, 0.3) is 0 Å². The molecule has 0 amide bonds. The number of piperidine rings is 1. The number of pyridine rings is 1. The van der Waals surface area contributed by atoms with E-state index in [1.807, 2.05) is 36.7 Å².